The second-order valence-corrected chi connectivity index (χ2v) is 4.63. The third kappa shape index (κ3) is 3.83. The summed E-state index contributed by atoms with van der Waals surface area (Å²) in [4.78, 5) is 0. The van der Waals surface area contributed by atoms with Crippen LogP contribution in [0.4, 0.5) is 0 Å². The Morgan fingerprint density at radius 1 is 1.21 bits per heavy atom. The van der Waals surface area contributed by atoms with Crippen molar-refractivity contribution in [3.8, 4) is 5.88 Å². The van der Waals surface area contributed by atoms with Gasteiger partial charge in [0, 0.05) is 19.7 Å². The lowest BCUT2D eigenvalue weighted by molar-refractivity contribution is 0.279. The van der Waals surface area contributed by atoms with Gasteiger partial charge in [0.1, 0.15) is 6.61 Å². The summed E-state index contributed by atoms with van der Waals surface area (Å²) in [6.45, 7) is 6.55. The molecule has 0 atom stereocenters. The highest BCUT2D eigenvalue weighted by Crippen LogP contribution is 2.13. The molecule has 0 saturated heterocycles. The minimum atomic E-state index is 0.570. The number of benzene rings is 1. The first kappa shape index (κ1) is 13.6. The van der Waals surface area contributed by atoms with Crippen LogP contribution in [0.5, 0.6) is 5.88 Å². The molecule has 1 aromatic heterocycles. The molecule has 0 aliphatic heterocycles. The first-order chi connectivity index (χ1) is 9.19. The van der Waals surface area contributed by atoms with Gasteiger partial charge in [-0.1, -0.05) is 31.2 Å². The third-order valence-electron chi connectivity index (χ3n) is 2.95. The van der Waals surface area contributed by atoms with Gasteiger partial charge in [-0.2, -0.15) is 5.10 Å². The lowest BCUT2D eigenvalue weighted by atomic mass is 10.1. The number of hydrogen-bond acceptors (Lipinski definition) is 3. The van der Waals surface area contributed by atoms with Crippen LogP contribution < -0.4 is 10.1 Å². The van der Waals surface area contributed by atoms with Crippen molar-refractivity contribution >= 4 is 0 Å². The van der Waals surface area contributed by atoms with Crippen molar-refractivity contribution in [3.05, 3.63) is 47.2 Å². The summed E-state index contributed by atoms with van der Waals surface area (Å²) < 4.78 is 7.51. The van der Waals surface area contributed by atoms with Gasteiger partial charge in [0.25, 0.3) is 0 Å². The lowest BCUT2D eigenvalue weighted by Gasteiger charge is -2.07. The molecule has 4 nitrogen and oxygen atoms in total. The van der Waals surface area contributed by atoms with E-state index in [4.69, 9.17) is 4.74 Å². The minimum absolute atomic E-state index is 0.570. The van der Waals surface area contributed by atoms with E-state index in [9.17, 15) is 0 Å². The number of aromatic nitrogens is 2. The number of nitrogens with one attached hydrogen (secondary N) is 1. The summed E-state index contributed by atoms with van der Waals surface area (Å²) in [5, 5.41) is 7.56. The van der Waals surface area contributed by atoms with E-state index in [1.807, 2.05) is 20.0 Å². The van der Waals surface area contributed by atoms with Crippen molar-refractivity contribution in [2.24, 2.45) is 7.05 Å². The number of aryl methyl sites for hydroxylation is 2. The molecule has 1 heterocycles. The monoisotopic (exact) mass is 259 g/mol. The predicted octanol–water partition coefficient (Wildman–Crippen LogP) is 2.42. The van der Waals surface area contributed by atoms with Gasteiger partial charge in [0.15, 0.2) is 0 Å². The highest BCUT2D eigenvalue weighted by molar-refractivity contribution is 5.23. The maximum Gasteiger partial charge on any atom is 0.212 e. The van der Waals surface area contributed by atoms with Gasteiger partial charge in [0.2, 0.25) is 5.88 Å². The molecule has 0 aliphatic rings. The SMILES string of the molecule is CCNCc1ccc(COc2cc(C)nn2C)cc1. The van der Waals surface area contributed by atoms with E-state index in [-0.39, 0.29) is 0 Å². The Hall–Kier alpha value is -1.81. The standard InChI is InChI=1S/C15H21N3O/c1-4-16-10-13-5-7-14(8-6-13)11-19-15-9-12(2)17-18(15)3/h5-9,16H,4,10-11H2,1-3H3. The Morgan fingerprint density at radius 2 is 1.89 bits per heavy atom. The second-order valence-electron chi connectivity index (χ2n) is 4.63. The van der Waals surface area contributed by atoms with Crippen LogP contribution in [-0.4, -0.2) is 16.3 Å². The quantitative estimate of drug-likeness (QED) is 0.866. The fourth-order valence-electron chi connectivity index (χ4n) is 1.90. The smallest absolute Gasteiger partial charge is 0.212 e. The van der Waals surface area contributed by atoms with Gasteiger partial charge in [-0.15, -0.1) is 0 Å². The average molecular weight is 259 g/mol. The van der Waals surface area contributed by atoms with Gasteiger partial charge in [-0.25, -0.2) is 4.68 Å². The summed E-state index contributed by atoms with van der Waals surface area (Å²) in [6.07, 6.45) is 0. The predicted molar refractivity (Wildman–Crippen MR) is 76.1 cm³/mol. The Kier molecular flexibility index (Phi) is 4.58. The molecule has 0 fully saturated rings. The van der Waals surface area contributed by atoms with E-state index in [2.05, 4.69) is 41.6 Å². The molecule has 0 unspecified atom stereocenters. The zero-order valence-corrected chi connectivity index (χ0v) is 11.8. The molecule has 4 heteroatoms. The van der Waals surface area contributed by atoms with Crippen LogP contribution in [0.1, 0.15) is 23.7 Å². The van der Waals surface area contributed by atoms with Crippen LogP contribution in [0.25, 0.3) is 0 Å². The Morgan fingerprint density at radius 3 is 2.47 bits per heavy atom. The highest BCUT2D eigenvalue weighted by atomic mass is 16.5. The summed E-state index contributed by atoms with van der Waals surface area (Å²) in [5.41, 5.74) is 3.43. The molecule has 0 spiro atoms. The summed E-state index contributed by atoms with van der Waals surface area (Å²) in [6, 6.07) is 10.4. The topological polar surface area (TPSA) is 39.1 Å². The zero-order chi connectivity index (χ0) is 13.7. The molecule has 19 heavy (non-hydrogen) atoms. The van der Waals surface area contributed by atoms with E-state index in [1.165, 1.54) is 11.1 Å². The van der Waals surface area contributed by atoms with Crippen LogP contribution in [0.3, 0.4) is 0 Å². The fraction of sp³-hybridized carbons (Fsp3) is 0.400. The van der Waals surface area contributed by atoms with Crippen molar-refractivity contribution in [2.45, 2.75) is 27.0 Å². The van der Waals surface area contributed by atoms with Gasteiger partial charge in [-0.3, -0.25) is 0 Å². The van der Waals surface area contributed by atoms with E-state index >= 15 is 0 Å². The van der Waals surface area contributed by atoms with Crippen LogP contribution >= 0.6 is 0 Å². The molecular formula is C15H21N3O. The number of rotatable bonds is 6. The van der Waals surface area contributed by atoms with Gasteiger partial charge in [-0.05, 0) is 24.6 Å². The Balaban J connectivity index is 1.91. The summed E-state index contributed by atoms with van der Waals surface area (Å²) >= 11 is 0. The first-order valence-electron chi connectivity index (χ1n) is 6.61. The fourth-order valence-corrected chi connectivity index (χ4v) is 1.90. The van der Waals surface area contributed by atoms with Crippen LogP contribution in [0.15, 0.2) is 30.3 Å². The van der Waals surface area contributed by atoms with E-state index in [1.54, 1.807) is 4.68 Å². The average Bonchev–Trinajstić information content (AvgIpc) is 2.73. The zero-order valence-electron chi connectivity index (χ0n) is 11.8. The summed E-state index contributed by atoms with van der Waals surface area (Å²) in [5.74, 6) is 0.800. The number of ether oxygens (including phenoxy) is 1. The number of hydrogen-bond donors (Lipinski definition) is 1. The van der Waals surface area contributed by atoms with Gasteiger partial charge < -0.3 is 10.1 Å². The molecule has 1 aromatic carbocycles. The largest absolute Gasteiger partial charge is 0.473 e. The maximum absolute atomic E-state index is 5.75. The van der Waals surface area contributed by atoms with Gasteiger partial charge in [0.05, 0.1) is 5.69 Å². The van der Waals surface area contributed by atoms with E-state index in [0.717, 1.165) is 24.7 Å². The van der Waals surface area contributed by atoms with Crippen LogP contribution in [0, 0.1) is 6.92 Å². The van der Waals surface area contributed by atoms with Crippen LogP contribution in [0.2, 0.25) is 0 Å². The molecule has 0 amide bonds. The van der Waals surface area contributed by atoms with Gasteiger partial charge >= 0.3 is 0 Å². The second kappa shape index (κ2) is 6.38. The molecule has 0 aliphatic carbocycles. The lowest BCUT2D eigenvalue weighted by Crippen LogP contribution is -2.11. The molecular weight excluding hydrogens is 238 g/mol. The Bertz CT molecular complexity index is 517. The highest BCUT2D eigenvalue weighted by Gasteiger charge is 2.03. The Labute approximate surface area is 114 Å². The van der Waals surface area contributed by atoms with Crippen molar-refractivity contribution < 1.29 is 4.74 Å². The third-order valence-corrected chi connectivity index (χ3v) is 2.95. The normalized spacial score (nSPS) is 10.7. The molecule has 0 saturated carbocycles. The molecule has 102 valence electrons. The molecule has 2 rings (SSSR count). The first-order valence-corrected chi connectivity index (χ1v) is 6.61. The van der Waals surface area contributed by atoms with Crippen molar-refractivity contribution in [3.63, 3.8) is 0 Å². The van der Waals surface area contributed by atoms with Crippen molar-refractivity contribution in [1.82, 2.24) is 15.1 Å². The van der Waals surface area contributed by atoms with Crippen molar-refractivity contribution in [2.75, 3.05) is 6.54 Å². The molecule has 2 aromatic rings. The molecule has 1 N–H and O–H groups in total. The maximum atomic E-state index is 5.75. The van der Waals surface area contributed by atoms with E-state index < -0.39 is 0 Å². The van der Waals surface area contributed by atoms with E-state index in [0.29, 0.717) is 6.61 Å². The van der Waals surface area contributed by atoms with Crippen molar-refractivity contribution in [1.29, 1.82) is 0 Å². The molecule has 0 bridgehead atoms. The van der Waals surface area contributed by atoms with Crippen LogP contribution in [-0.2, 0) is 20.2 Å². The molecule has 0 radical (unpaired) electrons. The summed E-state index contributed by atoms with van der Waals surface area (Å²) in [7, 11) is 1.89. The number of nitrogens with zero attached hydrogens (tertiary/aromatic N) is 2. The minimum Gasteiger partial charge on any atom is -0.473 e.